The molecular weight excluding hydrogens is 286 g/mol. The van der Waals surface area contributed by atoms with Crippen molar-refractivity contribution in [3.63, 3.8) is 0 Å². The molecule has 0 saturated heterocycles. The number of hydrogen-bond donors (Lipinski definition) is 2. The summed E-state index contributed by atoms with van der Waals surface area (Å²) >= 11 is 0. The van der Waals surface area contributed by atoms with Crippen LogP contribution in [0.1, 0.15) is 31.0 Å². The molecular formula is C19H25N3O. The van der Waals surface area contributed by atoms with Gasteiger partial charge in [-0.3, -0.25) is 0 Å². The Morgan fingerprint density at radius 1 is 1.13 bits per heavy atom. The maximum absolute atomic E-state index is 5.25. The molecule has 2 N–H and O–H groups in total. The number of nitrogens with zero attached hydrogens (tertiary/aromatic N) is 1. The molecule has 2 aromatic rings. The normalized spacial score (nSPS) is 12.6. The van der Waals surface area contributed by atoms with Gasteiger partial charge in [0.2, 0.25) is 0 Å². The number of methoxy groups -OCH3 is 1. The van der Waals surface area contributed by atoms with Crippen molar-refractivity contribution in [3.05, 3.63) is 65.7 Å². The molecule has 0 bridgehead atoms. The summed E-state index contributed by atoms with van der Waals surface area (Å²) in [5.74, 6) is 1.67. The van der Waals surface area contributed by atoms with E-state index in [-0.39, 0.29) is 6.04 Å². The standard InChI is InChI=1S/C19H25N3O/c1-4-20-19(22-15(2)17-10-6-5-7-11-17)21-14-16-9-8-12-18(13-16)23-3/h5-13,15H,4,14H2,1-3H3,(H2,20,21,22). The van der Waals surface area contributed by atoms with Gasteiger partial charge in [-0.05, 0) is 37.1 Å². The van der Waals surface area contributed by atoms with Gasteiger partial charge in [-0.15, -0.1) is 0 Å². The van der Waals surface area contributed by atoms with Crippen LogP contribution in [0.5, 0.6) is 5.75 Å². The van der Waals surface area contributed by atoms with E-state index >= 15 is 0 Å². The molecule has 0 aromatic heterocycles. The minimum Gasteiger partial charge on any atom is -0.497 e. The number of hydrogen-bond acceptors (Lipinski definition) is 2. The van der Waals surface area contributed by atoms with E-state index in [0.717, 1.165) is 23.8 Å². The zero-order valence-electron chi connectivity index (χ0n) is 14.0. The Morgan fingerprint density at radius 2 is 1.91 bits per heavy atom. The van der Waals surface area contributed by atoms with E-state index < -0.39 is 0 Å². The molecule has 0 aliphatic carbocycles. The molecule has 4 heteroatoms. The lowest BCUT2D eigenvalue weighted by molar-refractivity contribution is 0.414. The molecule has 0 amide bonds. The van der Waals surface area contributed by atoms with Crippen molar-refractivity contribution in [3.8, 4) is 5.75 Å². The summed E-state index contributed by atoms with van der Waals surface area (Å²) in [6.07, 6.45) is 0. The van der Waals surface area contributed by atoms with Crippen LogP contribution in [0.2, 0.25) is 0 Å². The molecule has 0 aliphatic heterocycles. The monoisotopic (exact) mass is 311 g/mol. The minimum atomic E-state index is 0.194. The largest absolute Gasteiger partial charge is 0.497 e. The fraction of sp³-hybridized carbons (Fsp3) is 0.316. The van der Waals surface area contributed by atoms with Crippen molar-refractivity contribution in [2.45, 2.75) is 26.4 Å². The van der Waals surface area contributed by atoms with Gasteiger partial charge in [0.15, 0.2) is 5.96 Å². The van der Waals surface area contributed by atoms with E-state index in [1.54, 1.807) is 7.11 Å². The summed E-state index contributed by atoms with van der Waals surface area (Å²) in [6.45, 7) is 5.63. The molecule has 0 aliphatic rings. The summed E-state index contributed by atoms with van der Waals surface area (Å²) in [6, 6.07) is 18.5. The number of aliphatic imine (C=N–C) groups is 1. The van der Waals surface area contributed by atoms with Crippen LogP contribution in [0.4, 0.5) is 0 Å². The highest BCUT2D eigenvalue weighted by Gasteiger charge is 2.07. The highest BCUT2D eigenvalue weighted by Crippen LogP contribution is 2.14. The molecule has 23 heavy (non-hydrogen) atoms. The summed E-state index contributed by atoms with van der Waals surface area (Å²) in [4.78, 5) is 4.66. The van der Waals surface area contributed by atoms with Gasteiger partial charge in [-0.2, -0.15) is 0 Å². The summed E-state index contributed by atoms with van der Waals surface area (Å²) in [5, 5.41) is 6.73. The van der Waals surface area contributed by atoms with Crippen LogP contribution < -0.4 is 15.4 Å². The van der Waals surface area contributed by atoms with E-state index in [2.05, 4.69) is 47.7 Å². The Hall–Kier alpha value is -2.49. The van der Waals surface area contributed by atoms with Gasteiger partial charge in [0, 0.05) is 6.54 Å². The predicted molar refractivity (Wildman–Crippen MR) is 95.8 cm³/mol. The van der Waals surface area contributed by atoms with E-state index in [9.17, 15) is 0 Å². The molecule has 0 radical (unpaired) electrons. The number of nitrogens with one attached hydrogen (secondary N) is 2. The van der Waals surface area contributed by atoms with Crippen LogP contribution in [0.3, 0.4) is 0 Å². The van der Waals surface area contributed by atoms with E-state index in [1.165, 1.54) is 5.56 Å². The maximum Gasteiger partial charge on any atom is 0.192 e. The second kappa shape index (κ2) is 8.83. The van der Waals surface area contributed by atoms with Crippen molar-refractivity contribution in [2.24, 2.45) is 4.99 Å². The van der Waals surface area contributed by atoms with Gasteiger partial charge in [0.05, 0.1) is 19.7 Å². The van der Waals surface area contributed by atoms with Gasteiger partial charge in [0.1, 0.15) is 5.75 Å². The predicted octanol–water partition coefficient (Wildman–Crippen LogP) is 3.51. The number of guanidine groups is 1. The van der Waals surface area contributed by atoms with Crippen molar-refractivity contribution < 1.29 is 4.74 Å². The van der Waals surface area contributed by atoms with Gasteiger partial charge < -0.3 is 15.4 Å². The maximum atomic E-state index is 5.25. The smallest absolute Gasteiger partial charge is 0.192 e. The molecule has 122 valence electrons. The van der Waals surface area contributed by atoms with E-state index in [1.807, 2.05) is 36.4 Å². The number of rotatable bonds is 6. The molecule has 2 aromatic carbocycles. The zero-order valence-corrected chi connectivity index (χ0v) is 14.0. The SMILES string of the molecule is CCNC(=NCc1cccc(OC)c1)NC(C)c1ccccc1. The van der Waals surface area contributed by atoms with Crippen LogP contribution in [0.25, 0.3) is 0 Å². The first-order valence-electron chi connectivity index (χ1n) is 7.95. The Morgan fingerprint density at radius 3 is 2.61 bits per heavy atom. The second-order valence-electron chi connectivity index (χ2n) is 5.32. The summed E-state index contributed by atoms with van der Waals surface area (Å²) in [7, 11) is 1.68. The lowest BCUT2D eigenvalue weighted by Crippen LogP contribution is -2.38. The van der Waals surface area contributed by atoms with Crippen LogP contribution in [0, 0.1) is 0 Å². The number of ether oxygens (including phenoxy) is 1. The van der Waals surface area contributed by atoms with Crippen molar-refractivity contribution in [2.75, 3.05) is 13.7 Å². The average Bonchev–Trinajstić information content (AvgIpc) is 2.60. The molecule has 2 rings (SSSR count). The van der Waals surface area contributed by atoms with E-state index in [0.29, 0.717) is 6.54 Å². The third-order valence-electron chi connectivity index (χ3n) is 3.55. The zero-order chi connectivity index (χ0) is 16.5. The lowest BCUT2D eigenvalue weighted by atomic mass is 10.1. The molecule has 1 atom stereocenters. The van der Waals surface area contributed by atoms with Crippen LogP contribution in [-0.4, -0.2) is 19.6 Å². The van der Waals surface area contributed by atoms with Gasteiger partial charge in [-0.25, -0.2) is 4.99 Å². The van der Waals surface area contributed by atoms with E-state index in [4.69, 9.17) is 4.74 Å². The third kappa shape index (κ3) is 5.33. The van der Waals surface area contributed by atoms with Crippen molar-refractivity contribution in [1.29, 1.82) is 0 Å². The van der Waals surface area contributed by atoms with Gasteiger partial charge in [-0.1, -0.05) is 42.5 Å². The van der Waals surface area contributed by atoms with Crippen LogP contribution >= 0.6 is 0 Å². The Kier molecular flexibility index (Phi) is 6.48. The quantitative estimate of drug-likeness (QED) is 0.634. The highest BCUT2D eigenvalue weighted by atomic mass is 16.5. The Labute approximate surface area is 138 Å². The second-order valence-corrected chi connectivity index (χ2v) is 5.32. The summed E-state index contributed by atoms with van der Waals surface area (Å²) < 4.78 is 5.25. The third-order valence-corrected chi connectivity index (χ3v) is 3.55. The lowest BCUT2D eigenvalue weighted by Gasteiger charge is -2.18. The molecule has 0 spiro atoms. The first kappa shape index (κ1) is 16.9. The van der Waals surface area contributed by atoms with Crippen molar-refractivity contribution in [1.82, 2.24) is 10.6 Å². The number of benzene rings is 2. The molecule has 1 unspecified atom stereocenters. The molecule has 4 nitrogen and oxygen atoms in total. The molecule has 0 fully saturated rings. The van der Waals surface area contributed by atoms with Crippen LogP contribution in [-0.2, 0) is 6.54 Å². The summed E-state index contributed by atoms with van der Waals surface area (Å²) in [5.41, 5.74) is 2.36. The van der Waals surface area contributed by atoms with Crippen LogP contribution in [0.15, 0.2) is 59.6 Å². The fourth-order valence-corrected chi connectivity index (χ4v) is 2.29. The van der Waals surface area contributed by atoms with Crippen molar-refractivity contribution >= 4 is 5.96 Å². The first-order valence-corrected chi connectivity index (χ1v) is 7.95. The highest BCUT2D eigenvalue weighted by molar-refractivity contribution is 5.80. The molecule has 0 heterocycles. The minimum absolute atomic E-state index is 0.194. The average molecular weight is 311 g/mol. The topological polar surface area (TPSA) is 45.7 Å². The Balaban J connectivity index is 2.04. The first-order chi connectivity index (χ1) is 11.2. The fourth-order valence-electron chi connectivity index (χ4n) is 2.29. The van der Waals surface area contributed by atoms with Gasteiger partial charge >= 0.3 is 0 Å². The van der Waals surface area contributed by atoms with Gasteiger partial charge in [0.25, 0.3) is 0 Å². The molecule has 0 saturated carbocycles. The Bertz CT molecular complexity index is 626.